The van der Waals surface area contributed by atoms with Gasteiger partial charge in [-0.05, 0) is 12.8 Å². The second-order valence-electron chi connectivity index (χ2n) is 1.66. The molecule has 0 aliphatic heterocycles. The van der Waals surface area contributed by atoms with Crippen LogP contribution in [0.3, 0.4) is 0 Å². The Morgan fingerprint density at radius 2 is 2.38 bits per heavy atom. The second kappa shape index (κ2) is 6.41. The van der Waals surface area contributed by atoms with E-state index in [0.29, 0.717) is 0 Å². The SMILES string of the molecule is C=C/N=C\CCCC. The molecule has 0 unspecified atom stereocenters. The highest BCUT2D eigenvalue weighted by Crippen LogP contribution is 1.89. The third-order valence-corrected chi connectivity index (χ3v) is 0.898. The molecule has 46 valence electrons. The van der Waals surface area contributed by atoms with Crippen LogP contribution < -0.4 is 0 Å². The molecule has 0 radical (unpaired) electrons. The van der Waals surface area contributed by atoms with Crippen LogP contribution in [0.4, 0.5) is 0 Å². The minimum absolute atomic E-state index is 1.09. The van der Waals surface area contributed by atoms with Gasteiger partial charge in [-0.15, -0.1) is 0 Å². The molecule has 1 nitrogen and oxygen atoms in total. The molecule has 0 bridgehead atoms. The molecule has 0 saturated carbocycles. The van der Waals surface area contributed by atoms with Crippen molar-refractivity contribution in [3.63, 3.8) is 0 Å². The molecule has 8 heavy (non-hydrogen) atoms. The van der Waals surface area contributed by atoms with Crippen molar-refractivity contribution in [1.29, 1.82) is 0 Å². The average Bonchev–Trinajstić information content (AvgIpc) is 1.81. The Morgan fingerprint density at radius 3 is 2.88 bits per heavy atom. The van der Waals surface area contributed by atoms with Crippen LogP contribution in [-0.2, 0) is 0 Å². The molecule has 0 aromatic rings. The molecule has 0 N–H and O–H groups in total. The van der Waals surface area contributed by atoms with E-state index in [2.05, 4.69) is 18.5 Å². The molecule has 0 rings (SSSR count). The molecule has 0 heterocycles. The smallest absolute Gasteiger partial charge is 0.0191 e. The maximum atomic E-state index is 3.85. The summed E-state index contributed by atoms with van der Waals surface area (Å²) < 4.78 is 0. The maximum absolute atomic E-state index is 3.85. The topological polar surface area (TPSA) is 12.4 Å². The van der Waals surface area contributed by atoms with Crippen LogP contribution >= 0.6 is 0 Å². The van der Waals surface area contributed by atoms with Crippen molar-refractivity contribution in [2.24, 2.45) is 4.99 Å². The Labute approximate surface area is 51.1 Å². The van der Waals surface area contributed by atoms with Crippen LogP contribution in [0.1, 0.15) is 26.2 Å². The summed E-state index contributed by atoms with van der Waals surface area (Å²) in [5.74, 6) is 0. The Hall–Kier alpha value is -0.590. The van der Waals surface area contributed by atoms with Gasteiger partial charge in [0.1, 0.15) is 0 Å². The number of hydrogen-bond acceptors (Lipinski definition) is 1. The zero-order valence-electron chi connectivity index (χ0n) is 5.43. The van der Waals surface area contributed by atoms with E-state index in [9.17, 15) is 0 Å². The normalized spacial score (nSPS) is 10.1. The van der Waals surface area contributed by atoms with Gasteiger partial charge in [-0.2, -0.15) is 0 Å². The van der Waals surface area contributed by atoms with Gasteiger partial charge < -0.3 is 0 Å². The fourth-order valence-corrected chi connectivity index (χ4v) is 0.444. The molecular weight excluding hydrogens is 98.1 g/mol. The first-order chi connectivity index (χ1) is 3.91. The Morgan fingerprint density at radius 1 is 1.62 bits per heavy atom. The summed E-state index contributed by atoms with van der Waals surface area (Å²) in [5, 5.41) is 0. The summed E-state index contributed by atoms with van der Waals surface area (Å²) in [6.45, 7) is 5.63. The highest BCUT2D eigenvalue weighted by atomic mass is 14.6. The van der Waals surface area contributed by atoms with Gasteiger partial charge in [-0.3, -0.25) is 4.99 Å². The van der Waals surface area contributed by atoms with Crippen LogP contribution in [-0.4, -0.2) is 6.21 Å². The minimum Gasteiger partial charge on any atom is -0.270 e. The molecule has 0 amide bonds. The fourth-order valence-electron chi connectivity index (χ4n) is 0.444. The van der Waals surface area contributed by atoms with Crippen molar-refractivity contribution in [2.45, 2.75) is 26.2 Å². The van der Waals surface area contributed by atoms with E-state index in [1.165, 1.54) is 12.8 Å². The predicted molar refractivity (Wildman–Crippen MR) is 38.2 cm³/mol. The molecule has 0 fully saturated rings. The van der Waals surface area contributed by atoms with Gasteiger partial charge in [0.25, 0.3) is 0 Å². The lowest BCUT2D eigenvalue weighted by Crippen LogP contribution is -1.72. The number of hydrogen-bond donors (Lipinski definition) is 0. The molecule has 0 aliphatic rings. The van der Waals surface area contributed by atoms with E-state index in [4.69, 9.17) is 0 Å². The number of aliphatic imine (C=N–C) groups is 1. The summed E-state index contributed by atoms with van der Waals surface area (Å²) >= 11 is 0. The van der Waals surface area contributed by atoms with E-state index in [1.807, 2.05) is 6.21 Å². The van der Waals surface area contributed by atoms with Gasteiger partial charge >= 0.3 is 0 Å². The summed E-state index contributed by atoms with van der Waals surface area (Å²) in [4.78, 5) is 3.85. The van der Waals surface area contributed by atoms with Gasteiger partial charge in [0.2, 0.25) is 0 Å². The standard InChI is InChI=1S/C7H13N/c1-3-5-6-7-8-4-2/h4,7H,2-3,5-6H2,1H3/b8-7-. The first kappa shape index (κ1) is 7.41. The van der Waals surface area contributed by atoms with E-state index in [-0.39, 0.29) is 0 Å². The first-order valence-electron chi connectivity index (χ1n) is 3.04. The van der Waals surface area contributed by atoms with Crippen molar-refractivity contribution in [3.8, 4) is 0 Å². The van der Waals surface area contributed by atoms with Gasteiger partial charge in [0.15, 0.2) is 0 Å². The lowest BCUT2D eigenvalue weighted by Gasteiger charge is -1.83. The van der Waals surface area contributed by atoms with Gasteiger partial charge in [0.05, 0.1) is 0 Å². The van der Waals surface area contributed by atoms with Crippen LogP contribution in [0.15, 0.2) is 17.8 Å². The van der Waals surface area contributed by atoms with Crippen molar-refractivity contribution >= 4 is 6.21 Å². The van der Waals surface area contributed by atoms with Crippen LogP contribution in [0, 0.1) is 0 Å². The third kappa shape index (κ3) is 5.41. The highest BCUT2D eigenvalue weighted by molar-refractivity contribution is 5.57. The molecule has 0 aromatic carbocycles. The van der Waals surface area contributed by atoms with E-state index in [1.54, 1.807) is 6.20 Å². The summed E-state index contributed by atoms with van der Waals surface area (Å²) in [6.07, 6.45) is 7.02. The van der Waals surface area contributed by atoms with Crippen LogP contribution in [0.5, 0.6) is 0 Å². The summed E-state index contributed by atoms with van der Waals surface area (Å²) in [7, 11) is 0. The minimum atomic E-state index is 1.09. The summed E-state index contributed by atoms with van der Waals surface area (Å²) in [5.41, 5.74) is 0. The van der Waals surface area contributed by atoms with Crippen LogP contribution in [0.2, 0.25) is 0 Å². The zero-order chi connectivity index (χ0) is 6.24. The van der Waals surface area contributed by atoms with Crippen LogP contribution in [0.25, 0.3) is 0 Å². The Bertz CT molecular complexity index is 74.5. The number of unbranched alkanes of at least 4 members (excludes halogenated alkanes) is 2. The Balaban J connectivity index is 2.91. The maximum Gasteiger partial charge on any atom is 0.0191 e. The van der Waals surface area contributed by atoms with Gasteiger partial charge in [0, 0.05) is 12.4 Å². The highest BCUT2D eigenvalue weighted by Gasteiger charge is 1.74. The average molecular weight is 111 g/mol. The van der Waals surface area contributed by atoms with E-state index in [0.717, 1.165) is 6.42 Å². The largest absolute Gasteiger partial charge is 0.270 e. The lowest BCUT2D eigenvalue weighted by molar-refractivity contribution is 0.842. The van der Waals surface area contributed by atoms with E-state index >= 15 is 0 Å². The zero-order valence-corrected chi connectivity index (χ0v) is 5.43. The van der Waals surface area contributed by atoms with E-state index < -0.39 is 0 Å². The second-order valence-corrected chi connectivity index (χ2v) is 1.66. The molecule has 0 saturated heterocycles. The molecule has 0 aliphatic carbocycles. The fraction of sp³-hybridized carbons (Fsp3) is 0.571. The molecular formula is C7H13N. The molecule has 0 spiro atoms. The van der Waals surface area contributed by atoms with Crippen molar-refractivity contribution < 1.29 is 0 Å². The summed E-state index contributed by atoms with van der Waals surface area (Å²) in [6, 6.07) is 0. The third-order valence-electron chi connectivity index (χ3n) is 0.898. The van der Waals surface area contributed by atoms with Gasteiger partial charge in [-0.1, -0.05) is 19.9 Å². The number of rotatable bonds is 4. The van der Waals surface area contributed by atoms with Crippen molar-refractivity contribution in [2.75, 3.05) is 0 Å². The van der Waals surface area contributed by atoms with Gasteiger partial charge in [-0.25, -0.2) is 0 Å². The predicted octanol–water partition coefficient (Wildman–Crippen LogP) is 2.39. The first-order valence-corrected chi connectivity index (χ1v) is 3.04. The monoisotopic (exact) mass is 111 g/mol. The quantitative estimate of drug-likeness (QED) is 0.390. The molecule has 0 aromatic heterocycles. The van der Waals surface area contributed by atoms with Crippen molar-refractivity contribution in [1.82, 2.24) is 0 Å². The van der Waals surface area contributed by atoms with Crippen molar-refractivity contribution in [3.05, 3.63) is 12.8 Å². The molecule has 0 atom stereocenters. The molecule has 1 heteroatoms. The Kier molecular flexibility index (Phi) is 5.94. The number of nitrogens with zero attached hydrogens (tertiary/aromatic N) is 1. The lowest BCUT2D eigenvalue weighted by atomic mass is 10.3.